The van der Waals surface area contributed by atoms with Crippen LogP contribution in [0.2, 0.25) is 0 Å². The van der Waals surface area contributed by atoms with Gasteiger partial charge in [-0.05, 0) is 34.0 Å². The van der Waals surface area contributed by atoms with Crippen LogP contribution in [0, 0.1) is 6.92 Å². The zero-order valence-electron chi connectivity index (χ0n) is 13.6. The standard InChI is InChI=1S/C14H27N3O3S/c1-6-17(7-2)10-11(3)16-21(18,19)14-8-13(9-15-5)20-12(14)4/h8,11,15-16H,6-7,9-10H2,1-5H3. The molecule has 1 aromatic rings. The van der Waals surface area contributed by atoms with Gasteiger partial charge in [-0.1, -0.05) is 13.8 Å². The summed E-state index contributed by atoms with van der Waals surface area (Å²) in [5, 5.41) is 2.94. The highest BCUT2D eigenvalue weighted by Gasteiger charge is 2.23. The number of aryl methyl sites for hydroxylation is 1. The van der Waals surface area contributed by atoms with Gasteiger partial charge in [0.15, 0.2) is 0 Å². The summed E-state index contributed by atoms with van der Waals surface area (Å²) in [7, 11) is -1.76. The summed E-state index contributed by atoms with van der Waals surface area (Å²) in [5.74, 6) is 1.04. The van der Waals surface area contributed by atoms with Gasteiger partial charge >= 0.3 is 0 Å². The van der Waals surface area contributed by atoms with Gasteiger partial charge in [-0.15, -0.1) is 0 Å². The number of hydrogen-bond donors (Lipinski definition) is 2. The summed E-state index contributed by atoms with van der Waals surface area (Å²) in [6, 6.07) is 1.43. The van der Waals surface area contributed by atoms with Gasteiger partial charge < -0.3 is 14.6 Å². The normalized spacial score (nSPS) is 13.8. The van der Waals surface area contributed by atoms with E-state index in [1.54, 1.807) is 20.0 Å². The Labute approximate surface area is 127 Å². The Morgan fingerprint density at radius 1 is 1.33 bits per heavy atom. The van der Waals surface area contributed by atoms with Gasteiger partial charge in [-0.3, -0.25) is 0 Å². The molecule has 1 rings (SSSR count). The highest BCUT2D eigenvalue weighted by Crippen LogP contribution is 2.20. The van der Waals surface area contributed by atoms with E-state index in [9.17, 15) is 8.42 Å². The summed E-state index contributed by atoms with van der Waals surface area (Å²) in [6.07, 6.45) is 0. The highest BCUT2D eigenvalue weighted by atomic mass is 32.2. The highest BCUT2D eigenvalue weighted by molar-refractivity contribution is 7.89. The van der Waals surface area contributed by atoms with Gasteiger partial charge in [0.1, 0.15) is 16.4 Å². The first-order valence-corrected chi connectivity index (χ1v) is 8.80. The van der Waals surface area contributed by atoms with Crippen LogP contribution in [0.25, 0.3) is 0 Å². The minimum atomic E-state index is -3.55. The van der Waals surface area contributed by atoms with E-state index in [0.29, 0.717) is 24.6 Å². The lowest BCUT2D eigenvalue weighted by Gasteiger charge is -2.23. The van der Waals surface area contributed by atoms with Crippen LogP contribution >= 0.6 is 0 Å². The lowest BCUT2D eigenvalue weighted by molar-refractivity contribution is 0.282. The maximum atomic E-state index is 12.4. The zero-order valence-corrected chi connectivity index (χ0v) is 14.4. The molecule has 0 radical (unpaired) electrons. The van der Waals surface area contributed by atoms with E-state index in [-0.39, 0.29) is 10.9 Å². The van der Waals surface area contributed by atoms with E-state index in [4.69, 9.17) is 4.42 Å². The van der Waals surface area contributed by atoms with Crippen LogP contribution in [0.5, 0.6) is 0 Å². The van der Waals surface area contributed by atoms with Crippen molar-refractivity contribution in [3.05, 3.63) is 17.6 Å². The minimum Gasteiger partial charge on any atom is -0.464 e. The monoisotopic (exact) mass is 317 g/mol. The summed E-state index contributed by atoms with van der Waals surface area (Å²) < 4.78 is 33.0. The molecule has 0 fully saturated rings. The molecular weight excluding hydrogens is 290 g/mol. The first kappa shape index (κ1) is 18.2. The number of nitrogens with zero attached hydrogens (tertiary/aromatic N) is 1. The Bertz CT molecular complexity index is 536. The van der Waals surface area contributed by atoms with Crippen molar-refractivity contribution in [3.63, 3.8) is 0 Å². The third-order valence-corrected chi connectivity index (χ3v) is 5.04. The first-order chi connectivity index (χ1) is 9.83. The van der Waals surface area contributed by atoms with Crippen LogP contribution in [0.15, 0.2) is 15.4 Å². The van der Waals surface area contributed by atoms with E-state index in [0.717, 1.165) is 13.1 Å². The largest absolute Gasteiger partial charge is 0.464 e. The molecule has 6 nitrogen and oxygen atoms in total. The molecule has 0 bridgehead atoms. The summed E-state index contributed by atoms with van der Waals surface area (Å²) >= 11 is 0. The van der Waals surface area contributed by atoms with Crippen LogP contribution in [0.1, 0.15) is 32.3 Å². The van der Waals surface area contributed by atoms with E-state index in [1.165, 1.54) is 0 Å². The predicted octanol–water partition coefficient (Wildman–Crippen LogP) is 1.32. The van der Waals surface area contributed by atoms with Gasteiger partial charge in [0.25, 0.3) is 0 Å². The number of rotatable bonds is 9. The van der Waals surface area contributed by atoms with Gasteiger partial charge in [0.05, 0.1) is 6.54 Å². The van der Waals surface area contributed by atoms with Crippen LogP contribution in [0.4, 0.5) is 0 Å². The Kier molecular flexibility index (Phi) is 6.86. The second-order valence-electron chi connectivity index (χ2n) is 5.17. The molecule has 2 N–H and O–H groups in total. The van der Waals surface area contributed by atoms with Crippen molar-refractivity contribution in [3.8, 4) is 0 Å². The molecule has 0 aliphatic carbocycles. The van der Waals surface area contributed by atoms with Crippen molar-refractivity contribution in [1.29, 1.82) is 0 Å². The molecular formula is C14H27N3O3S. The molecule has 0 amide bonds. The molecule has 1 heterocycles. The van der Waals surface area contributed by atoms with Crippen molar-refractivity contribution in [2.24, 2.45) is 0 Å². The number of sulfonamides is 1. The molecule has 21 heavy (non-hydrogen) atoms. The van der Waals surface area contributed by atoms with Crippen molar-refractivity contribution >= 4 is 10.0 Å². The molecule has 122 valence electrons. The molecule has 0 saturated heterocycles. The van der Waals surface area contributed by atoms with Crippen molar-refractivity contribution in [2.75, 3.05) is 26.7 Å². The number of hydrogen-bond acceptors (Lipinski definition) is 5. The van der Waals surface area contributed by atoms with Crippen molar-refractivity contribution in [2.45, 2.75) is 45.2 Å². The van der Waals surface area contributed by atoms with E-state index in [1.807, 2.05) is 6.92 Å². The summed E-state index contributed by atoms with van der Waals surface area (Å²) in [4.78, 5) is 2.40. The SMILES string of the molecule is CCN(CC)CC(C)NS(=O)(=O)c1cc(CNC)oc1C. The molecule has 0 saturated carbocycles. The average molecular weight is 317 g/mol. The van der Waals surface area contributed by atoms with Gasteiger partial charge in [0.2, 0.25) is 10.0 Å². The van der Waals surface area contributed by atoms with E-state index < -0.39 is 10.0 Å². The summed E-state index contributed by atoms with van der Waals surface area (Å²) in [5.41, 5.74) is 0. The summed E-state index contributed by atoms with van der Waals surface area (Å²) in [6.45, 7) is 10.7. The molecule has 0 spiro atoms. The molecule has 1 aromatic heterocycles. The average Bonchev–Trinajstić information content (AvgIpc) is 2.77. The third-order valence-electron chi connectivity index (χ3n) is 3.35. The second kappa shape index (κ2) is 7.93. The van der Waals surface area contributed by atoms with Crippen LogP contribution in [0.3, 0.4) is 0 Å². The first-order valence-electron chi connectivity index (χ1n) is 7.32. The lowest BCUT2D eigenvalue weighted by Crippen LogP contribution is -2.41. The maximum absolute atomic E-state index is 12.4. The predicted molar refractivity (Wildman–Crippen MR) is 83.8 cm³/mol. The molecule has 0 aromatic carbocycles. The lowest BCUT2D eigenvalue weighted by atomic mass is 10.3. The quantitative estimate of drug-likeness (QED) is 0.718. The Hall–Kier alpha value is -0.890. The second-order valence-corrected chi connectivity index (χ2v) is 6.85. The minimum absolute atomic E-state index is 0.156. The van der Waals surface area contributed by atoms with Gasteiger partial charge in [-0.25, -0.2) is 13.1 Å². The molecule has 1 unspecified atom stereocenters. The Morgan fingerprint density at radius 3 is 2.48 bits per heavy atom. The molecule has 0 aliphatic rings. The Morgan fingerprint density at radius 2 is 1.95 bits per heavy atom. The smallest absolute Gasteiger partial charge is 0.244 e. The van der Waals surface area contributed by atoms with Crippen LogP contribution < -0.4 is 10.0 Å². The third kappa shape index (κ3) is 5.10. The molecule has 0 aliphatic heterocycles. The van der Waals surface area contributed by atoms with Crippen LogP contribution in [-0.4, -0.2) is 46.0 Å². The van der Waals surface area contributed by atoms with Crippen molar-refractivity contribution < 1.29 is 12.8 Å². The Balaban J connectivity index is 2.81. The number of likely N-dealkylation sites (N-methyl/N-ethyl adjacent to an activating group) is 1. The van der Waals surface area contributed by atoms with E-state index in [2.05, 4.69) is 28.8 Å². The van der Waals surface area contributed by atoms with E-state index >= 15 is 0 Å². The fourth-order valence-electron chi connectivity index (χ4n) is 2.29. The number of nitrogens with one attached hydrogen (secondary N) is 2. The number of furan rings is 1. The van der Waals surface area contributed by atoms with Gasteiger partial charge in [0, 0.05) is 18.7 Å². The van der Waals surface area contributed by atoms with Crippen molar-refractivity contribution in [1.82, 2.24) is 14.9 Å². The fraction of sp³-hybridized carbons (Fsp3) is 0.714. The maximum Gasteiger partial charge on any atom is 0.244 e. The van der Waals surface area contributed by atoms with Crippen LogP contribution in [-0.2, 0) is 16.6 Å². The fourth-order valence-corrected chi connectivity index (χ4v) is 3.73. The zero-order chi connectivity index (χ0) is 16.0. The molecule has 1 atom stereocenters. The van der Waals surface area contributed by atoms with Gasteiger partial charge in [-0.2, -0.15) is 0 Å². The topological polar surface area (TPSA) is 74.6 Å². The molecule has 7 heteroatoms.